The van der Waals surface area contributed by atoms with E-state index in [1.54, 1.807) is 19.5 Å². The number of rotatable bonds is 7. The fourth-order valence-corrected chi connectivity index (χ4v) is 3.75. The third-order valence-electron chi connectivity index (χ3n) is 5.65. The van der Waals surface area contributed by atoms with Crippen LogP contribution < -0.4 is 21.1 Å². The number of amides is 1. The average Bonchev–Trinajstić information content (AvgIpc) is 2.86. The summed E-state index contributed by atoms with van der Waals surface area (Å²) in [6.07, 6.45) is 13.0. The highest BCUT2D eigenvalue weighted by molar-refractivity contribution is 6.10. The zero-order valence-corrected chi connectivity index (χ0v) is 20.5. The van der Waals surface area contributed by atoms with Crippen molar-refractivity contribution in [2.45, 2.75) is 19.9 Å². The summed E-state index contributed by atoms with van der Waals surface area (Å²) in [6.45, 7) is 3.95. The molecule has 0 saturated carbocycles. The highest BCUT2D eigenvalue weighted by Gasteiger charge is 2.12. The first-order chi connectivity index (χ1) is 17.4. The van der Waals surface area contributed by atoms with E-state index in [1.807, 2.05) is 92.8 Å². The van der Waals surface area contributed by atoms with Gasteiger partial charge in [-0.25, -0.2) is 4.99 Å². The molecule has 2 heterocycles. The molecule has 1 atom stereocenters. The van der Waals surface area contributed by atoms with Crippen molar-refractivity contribution >= 4 is 23.0 Å². The number of hydrogen-bond acceptors (Lipinski definition) is 6. The van der Waals surface area contributed by atoms with Crippen LogP contribution in [0.15, 0.2) is 102 Å². The molecular formula is C29H29N5O2. The number of nitrogens with two attached hydrogens (primary N) is 1. The summed E-state index contributed by atoms with van der Waals surface area (Å²) in [7, 11) is 1.59. The van der Waals surface area contributed by atoms with Crippen LogP contribution in [0.2, 0.25) is 0 Å². The van der Waals surface area contributed by atoms with E-state index in [4.69, 9.17) is 15.5 Å². The summed E-state index contributed by atoms with van der Waals surface area (Å²) in [5.41, 5.74) is 11.4. The Balaban J connectivity index is 1.52. The summed E-state index contributed by atoms with van der Waals surface area (Å²) in [5.74, 6) is 1.11. The molecule has 0 fully saturated rings. The van der Waals surface area contributed by atoms with E-state index < -0.39 is 0 Å². The highest BCUT2D eigenvalue weighted by Crippen LogP contribution is 2.24. The predicted octanol–water partition coefficient (Wildman–Crippen LogP) is 5.34. The van der Waals surface area contributed by atoms with Crippen molar-refractivity contribution in [3.05, 3.63) is 119 Å². The lowest BCUT2D eigenvalue weighted by molar-refractivity contribution is 0.102. The number of hydrogen-bond donors (Lipinski definition) is 3. The van der Waals surface area contributed by atoms with Gasteiger partial charge in [0.15, 0.2) is 0 Å². The second-order valence-electron chi connectivity index (χ2n) is 8.45. The van der Waals surface area contributed by atoms with Crippen molar-refractivity contribution in [1.82, 2.24) is 10.3 Å². The SMILES string of the molecule is COc1cc(C2=N/C(N[C@@H](C)c3cccc(NC(=O)c4cncc(C)c4)c3)=C\C=C\C=C\2)ccc1N. The minimum Gasteiger partial charge on any atom is -0.495 e. The Morgan fingerprint density at radius 3 is 2.72 bits per heavy atom. The number of allylic oxidation sites excluding steroid dienone is 5. The van der Waals surface area contributed by atoms with E-state index >= 15 is 0 Å². The van der Waals surface area contributed by atoms with Gasteiger partial charge in [-0.15, -0.1) is 0 Å². The Hall–Kier alpha value is -4.65. The summed E-state index contributed by atoms with van der Waals surface area (Å²) in [6, 6.07) is 15.1. The Morgan fingerprint density at radius 2 is 1.92 bits per heavy atom. The molecule has 1 aliphatic rings. The minimum atomic E-state index is -0.197. The number of ether oxygens (including phenoxy) is 1. The maximum absolute atomic E-state index is 12.6. The summed E-state index contributed by atoms with van der Waals surface area (Å²) < 4.78 is 5.37. The number of carbonyl (C=O) groups excluding carboxylic acids is 1. The van der Waals surface area contributed by atoms with Gasteiger partial charge in [0.05, 0.1) is 30.1 Å². The van der Waals surface area contributed by atoms with Crippen molar-refractivity contribution in [1.29, 1.82) is 0 Å². The normalized spacial score (nSPS) is 18.3. The number of aromatic nitrogens is 1. The first kappa shape index (κ1) is 24.5. The summed E-state index contributed by atoms with van der Waals surface area (Å²) in [5, 5.41) is 6.43. The number of nitrogens with zero attached hydrogens (tertiary/aromatic N) is 2. The molecule has 0 bridgehead atoms. The third-order valence-corrected chi connectivity index (χ3v) is 5.65. The van der Waals surface area contributed by atoms with Crippen LogP contribution in [0.25, 0.3) is 0 Å². The maximum Gasteiger partial charge on any atom is 0.257 e. The van der Waals surface area contributed by atoms with Gasteiger partial charge in [0.1, 0.15) is 11.6 Å². The fraction of sp³-hybridized carbons (Fsp3) is 0.138. The van der Waals surface area contributed by atoms with E-state index in [0.717, 1.165) is 22.4 Å². The lowest BCUT2D eigenvalue weighted by Gasteiger charge is -2.18. The van der Waals surface area contributed by atoms with Crippen molar-refractivity contribution < 1.29 is 9.53 Å². The number of nitrogen functional groups attached to an aromatic ring is 1. The second kappa shape index (κ2) is 11.2. The maximum atomic E-state index is 12.6. The lowest BCUT2D eigenvalue weighted by atomic mass is 10.1. The van der Waals surface area contributed by atoms with Gasteiger partial charge in [0, 0.05) is 23.6 Å². The Labute approximate surface area is 211 Å². The lowest BCUT2D eigenvalue weighted by Crippen LogP contribution is -2.19. The molecule has 7 nitrogen and oxygen atoms in total. The molecule has 4 N–H and O–H groups in total. The standard InChI is InChI=1S/C29H29N5O2/c1-19-14-23(18-31-17-19)29(35)33-24-9-7-8-21(15-24)20(2)32-28-11-6-4-5-10-26(34-28)22-12-13-25(30)27(16-22)36-3/h4-18,20H,30H2,1-3H3,(H,32,34)(H,33,35)/t20-/m0/s1. The molecule has 7 heteroatoms. The van der Waals surface area contributed by atoms with Gasteiger partial charge >= 0.3 is 0 Å². The number of pyridine rings is 1. The Kier molecular flexibility index (Phi) is 7.60. The van der Waals surface area contributed by atoms with Gasteiger partial charge < -0.3 is 21.1 Å². The first-order valence-electron chi connectivity index (χ1n) is 11.6. The van der Waals surface area contributed by atoms with Crippen LogP contribution in [0, 0.1) is 6.92 Å². The van der Waals surface area contributed by atoms with Gasteiger partial charge in [-0.3, -0.25) is 9.78 Å². The number of methoxy groups -OCH3 is 1. The Bertz CT molecular complexity index is 1390. The molecule has 1 amide bonds. The van der Waals surface area contributed by atoms with Gasteiger partial charge in [-0.2, -0.15) is 0 Å². The second-order valence-corrected chi connectivity index (χ2v) is 8.45. The van der Waals surface area contributed by atoms with Crippen molar-refractivity contribution in [3.8, 4) is 5.75 Å². The van der Waals surface area contributed by atoms with Crippen LogP contribution in [-0.4, -0.2) is 23.7 Å². The number of benzene rings is 2. The number of aliphatic imine (C=N–C) groups is 1. The topological polar surface area (TPSA) is 102 Å². The van der Waals surface area contributed by atoms with E-state index in [9.17, 15) is 4.79 Å². The first-order valence-corrected chi connectivity index (χ1v) is 11.6. The molecule has 182 valence electrons. The zero-order valence-electron chi connectivity index (χ0n) is 20.5. The fourth-order valence-electron chi connectivity index (χ4n) is 3.75. The molecule has 0 saturated heterocycles. The van der Waals surface area contributed by atoms with Crippen LogP contribution in [0.1, 0.15) is 40.0 Å². The smallest absolute Gasteiger partial charge is 0.257 e. The summed E-state index contributed by atoms with van der Waals surface area (Å²) in [4.78, 5) is 21.6. The molecule has 0 radical (unpaired) electrons. The molecule has 3 aromatic rings. The molecule has 4 rings (SSSR count). The van der Waals surface area contributed by atoms with Crippen LogP contribution in [0.5, 0.6) is 5.75 Å². The number of aryl methyl sites for hydroxylation is 1. The van der Waals surface area contributed by atoms with E-state index in [-0.39, 0.29) is 11.9 Å². The van der Waals surface area contributed by atoms with Crippen molar-refractivity contribution in [2.75, 3.05) is 18.2 Å². The predicted molar refractivity (Wildman–Crippen MR) is 145 cm³/mol. The van der Waals surface area contributed by atoms with Gasteiger partial charge in [-0.1, -0.05) is 36.4 Å². The largest absolute Gasteiger partial charge is 0.495 e. The van der Waals surface area contributed by atoms with Crippen molar-refractivity contribution in [2.24, 2.45) is 4.99 Å². The monoisotopic (exact) mass is 479 g/mol. The van der Waals surface area contributed by atoms with Crippen LogP contribution in [0.3, 0.4) is 0 Å². The minimum absolute atomic E-state index is 0.0727. The van der Waals surface area contributed by atoms with E-state index in [1.165, 1.54) is 0 Å². The number of anilines is 2. The zero-order chi connectivity index (χ0) is 25.5. The van der Waals surface area contributed by atoms with Gasteiger partial charge in [0.2, 0.25) is 0 Å². The summed E-state index contributed by atoms with van der Waals surface area (Å²) >= 11 is 0. The average molecular weight is 480 g/mol. The van der Waals surface area contributed by atoms with E-state index in [0.29, 0.717) is 28.5 Å². The van der Waals surface area contributed by atoms with E-state index in [2.05, 4.69) is 15.6 Å². The van der Waals surface area contributed by atoms with Crippen LogP contribution in [-0.2, 0) is 0 Å². The Morgan fingerprint density at radius 1 is 1.06 bits per heavy atom. The molecule has 1 aromatic heterocycles. The molecular weight excluding hydrogens is 450 g/mol. The number of carbonyl (C=O) groups is 1. The molecule has 1 aliphatic heterocycles. The number of nitrogens with one attached hydrogen (secondary N) is 2. The highest BCUT2D eigenvalue weighted by atomic mass is 16.5. The molecule has 0 unspecified atom stereocenters. The molecule has 36 heavy (non-hydrogen) atoms. The van der Waals surface area contributed by atoms with Gasteiger partial charge in [-0.05, 0) is 67.5 Å². The van der Waals surface area contributed by atoms with Crippen LogP contribution in [0.4, 0.5) is 11.4 Å². The van der Waals surface area contributed by atoms with Gasteiger partial charge in [0.25, 0.3) is 5.91 Å². The van der Waals surface area contributed by atoms with Crippen molar-refractivity contribution in [3.63, 3.8) is 0 Å². The van der Waals surface area contributed by atoms with Crippen LogP contribution >= 0.6 is 0 Å². The molecule has 0 aliphatic carbocycles. The quantitative estimate of drug-likeness (QED) is 0.397. The molecule has 0 spiro atoms. The molecule has 2 aromatic carbocycles. The third kappa shape index (κ3) is 6.07.